The second kappa shape index (κ2) is 32.6. The number of amides is 6. The first kappa shape index (κ1) is 70.7. The van der Waals surface area contributed by atoms with Crippen LogP contribution in [0.4, 0.5) is 0 Å². The molecule has 12 atom stereocenters. The topological polar surface area (TPSA) is 332 Å². The second-order valence-electron chi connectivity index (χ2n) is 23.4. The van der Waals surface area contributed by atoms with E-state index in [1.165, 1.54) is 27.7 Å². The Balaban J connectivity index is 3.86. The normalized spacial score (nSPS) is 28.6. The lowest BCUT2D eigenvalue weighted by molar-refractivity contribution is -0.167. The summed E-state index contributed by atoms with van der Waals surface area (Å²) in [4.78, 5) is 164. The third-order valence-corrected chi connectivity index (χ3v) is 12.3. The standard InChI is InChI=1S/C55H92N6O18/c1-24(2)21-36-44(62)56-34(19)52(70)78-42(30(13)14)48(66)60-40(28(9)10)55(73)76-38(23-26(5)6)46(64)58-35(20)53(71)79-43(31(15)16)49(67)61-39(27(7)8)54(72)75-37(22-25(3)4)45(63)57-33(18)51(69)77-41(29(11)12)47(65)59-32(17)50(68)74-36/h24-43H,21-23H2,1-20H3,(H,56,62)(H,57,63)(H,58,64)(H,59,65)(H,60,66)(H,61,67)/t32-,33+,34+,35+,36+,37+,38+,39-,40-,41-,42-,43?/m0/s1. The highest BCUT2D eigenvalue weighted by atomic mass is 16.6. The molecule has 1 rings (SSSR count). The van der Waals surface area contributed by atoms with Crippen LogP contribution in [0.3, 0.4) is 0 Å². The molecule has 0 aromatic rings. The minimum atomic E-state index is -1.52. The number of carbonyl (C=O) groups excluding carboxylic acids is 12. The number of carbonyl (C=O) groups is 12. The number of nitrogens with one attached hydrogen (secondary N) is 6. The zero-order valence-electron chi connectivity index (χ0n) is 50.0. The molecule has 6 amide bonds. The van der Waals surface area contributed by atoms with E-state index >= 15 is 0 Å². The first-order chi connectivity index (χ1) is 36.4. The molecule has 79 heavy (non-hydrogen) atoms. The van der Waals surface area contributed by atoms with Gasteiger partial charge >= 0.3 is 35.8 Å². The summed E-state index contributed by atoms with van der Waals surface area (Å²) < 4.78 is 33.7. The third kappa shape index (κ3) is 23.5. The molecule has 0 aromatic heterocycles. The SMILES string of the molecule is CC(C)C[C@H]1OC(=O)[C@H](C)NC(=O)[C@H](C(C)C)OC(=O)[C@@H](C)NC(=O)[C@@H](CC(C)C)OC(=O)[C@H](C(C)C)NC(=O)C(C(C)C)OC(=O)[C@@H](C)NC(=O)[C@@H](CC(C)C)OC(=O)[C@H](C(C)C)NC(=O)[C@H](C(C)C)OC(=O)[C@@H](C)NC1=O. The van der Waals surface area contributed by atoms with E-state index in [1.807, 2.05) is 0 Å². The molecule has 1 aliphatic rings. The van der Waals surface area contributed by atoms with Gasteiger partial charge in [-0.15, -0.1) is 0 Å². The van der Waals surface area contributed by atoms with Gasteiger partial charge in [0.15, 0.2) is 36.6 Å². The van der Waals surface area contributed by atoms with Gasteiger partial charge in [-0.2, -0.15) is 0 Å². The average molecular weight is 1130 g/mol. The second-order valence-corrected chi connectivity index (χ2v) is 23.4. The van der Waals surface area contributed by atoms with Crippen LogP contribution in [-0.4, -0.2) is 144 Å². The van der Waals surface area contributed by atoms with Crippen LogP contribution in [0.1, 0.15) is 158 Å². The van der Waals surface area contributed by atoms with E-state index in [4.69, 9.17) is 28.4 Å². The van der Waals surface area contributed by atoms with E-state index in [1.54, 1.807) is 111 Å². The van der Waals surface area contributed by atoms with Crippen molar-refractivity contribution in [3.8, 4) is 0 Å². The number of rotatable bonds is 11. The van der Waals surface area contributed by atoms with Crippen molar-refractivity contribution in [1.29, 1.82) is 0 Å². The molecule has 0 radical (unpaired) electrons. The third-order valence-electron chi connectivity index (χ3n) is 12.3. The van der Waals surface area contributed by atoms with Crippen LogP contribution >= 0.6 is 0 Å². The Morgan fingerprint density at radius 2 is 0.481 bits per heavy atom. The molecule has 0 bridgehead atoms. The summed E-state index contributed by atoms with van der Waals surface area (Å²) in [6.07, 6.45) is -9.15. The summed E-state index contributed by atoms with van der Waals surface area (Å²) >= 11 is 0. The van der Waals surface area contributed by atoms with Crippen molar-refractivity contribution in [2.45, 2.75) is 231 Å². The molecule has 1 saturated heterocycles. The molecule has 6 N–H and O–H groups in total. The van der Waals surface area contributed by atoms with Crippen LogP contribution in [0.25, 0.3) is 0 Å². The van der Waals surface area contributed by atoms with E-state index in [-0.39, 0.29) is 37.0 Å². The predicted molar refractivity (Wildman–Crippen MR) is 286 cm³/mol. The van der Waals surface area contributed by atoms with Gasteiger partial charge in [0.1, 0.15) is 36.3 Å². The number of cyclic esters (lactones) is 6. The quantitative estimate of drug-likeness (QED) is 0.128. The van der Waals surface area contributed by atoms with E-state index in [0.29, 0.717) is 0 Å². The Kier molecular flexibility index (Phi) is 29.2. The summed E-state index contributed by atoms with van der Waals surface area (Å²) in [6, 6.07) is -8.46. The minimum Gasteiger partial charge on any atom is -0.451 e. The van der Waals surface area contributed by atoms with Crippen molar-refractivity contribution in [3.63, 3.8) is 0 Å². The lowest BCUT2D eigenvalue weighted by Gasteiger charge is -2.29. The first-order valence-electron chi connectivity index (χ1n) is 27.4. The van der Waals surface area contributed by atoms with Gasteiger partial charge in [0.25, 0.3) is 35.4 Å². The molecule has 1 unspecified atom stereocenters. The van der Waals surface area contributed by atoms with Gasteiger partial charge in [0, 0.05) is 0 Å². The molecular formula is C55H92N6O18. The fourth-order valence-corrected chi connectivity index (χ4v) is 7.65. The van der Waals surface area contributed by atoms with Gasteiger partial charge in [0.05, 0.1) is 0 Å². The summed E-state index contributed by atoms with van der Waals surface area (Å²) in [5.74, 6) is -15.8. The molecule has 450 valence electrons. The number of hydrogen-bond acceptors (Lipinski definition) is 18. The Labute approximate surface area is 465 Å². The maximum absolute atomic E-state index is 13.9. The molecule has 1 heterocycles. The van der Waals surface area contributed by atoms with Crippen molar-refractivity contribution in [1.82, 2.24) is 31.9 Å². The van der Waals surface area contributed by atoms with Crippen molar-refractivity contribution in [2.24, 2.45) is 47.3 Å². The van der Waals surface area contributed by atoms with Crippen LogP contribution in [0, 0.1) is 47.3 Å². The van der Waals surface area contributed by atoms with E-state index in [2.05, 4.69) is 31.9 Å². The van der Waals surface area contributed by atoms with Crippen molar-refractivity contribution >= 4 is 71.3 Å². The molecule has 0 saturated carbocycles. The van der Waals surface area contributed by atoms with Crippen LogP contribution in [-0.2, 0) is 86.0 Å². The number of esters is 6. The smallest absolute Gasteiger partial charge is 0.329 e. The minimum absolute atomic E-state index is 0.0321. The summed E-state index contributed by atoms with van der Waals surface area (Å²) in [5.41, 5.74) is 0. The van der Waals surface area contributed by atoms with Crippen LogP contribution in [0.5, 0.6) is 0 Å². The van der Waals surface area contributed by atoms with Crippen molar-refractivity contribution in [2.75, 3.05) is 0 Å². The molecule has 0 aromatic carbocycles. The highest BCUT2D eigenvalue weighted by Gasteiger charge is 2.40. The lowest BCUT2D eigenvalue weighted by atomic mass is 10.0. The fraction of sp³-hybridized carbons (Fsp3) is 0.782. The highest BCUT2D eigenvalue weighted by Crippen LogP contribution is 2.19. The van der Waals surface area contributed by atoms with Gasteiger partial charge in [0.2, 0.25) is 0 Å². The Hall–Kier alpha value is -6.36. The van der Waals surface area contributed by atoms with Crippen LogP contribution in [0.2, 0.25) is 0 Å². The number of ether oxygens (including phenoxy) is 6. The molecule has 0 spiro atoms. The van der Waals surface area contributed by atoms with Crippen LogP contribution < -0.4 is 31.9 Å². The molecule has 1 aliphatic heterocycles. The molecular weight excluding hydrogens is 1030 g/mol. The Morgan fingerprint density at radius 3 is 0.696 bits per heavy atom. The van der Waals surface area contributed by atoms with Gasteiger partial charge < -0.3 is 60.3 Å². The van der Waals surface area contributed by atoms with Gasteiger partial charge in [-0.05, 0) is 94.3 Å². The fourth-order valence-electron chi connectivity index (χ4n) is 7.65. The lowest BCUT2D eigenvalue weighted by Crippen LogP contribution is -2.55. The van der Waals surface area contributed by atoms with Gasteiger partial charge in [-0.3, -0.25) is 28.8 Å². The zero-order chi connectivity index (χ0) is 61.1. The highest BCUT2D eigenvalue weighted by molar-refractivity contribution is 5.95. The maximum Gasteiger partial charge on any atom is 0.329 e. The first-order valence-corrected chi connectivity index (χ1v) is 27.4. The van der Waals surface area contributed by atoms with Gasteiger partial charge in [-0.1, -0.05) is 111 Å². The molecule has 24 heteroatoms. The number of hydrogen-bond donors (Lipinski definition) is 6. The molecule has 24 nitrogen and oxygen atoms in total. The molecule has 1 fully saturated rings. The van der Waals surface area contributed by atoms with E-state index in [9.17, 15) is 57.5 Å². The summed E-state index contributed by atoms with van der Waals surface area (Å²) in [6.45, 7) is 31.4. The van der Waals surface area contributed by atoms with Gasteiger partial charge in [-0.25, -0.2) is 28.8 Å². The van der Waals surface area contributed by atoms with E-state index in [0.717, 1.165) is 0 Å². The molecule has 0 aliphatic carbocycles. The predicted octanol–water partition coefficient (Wildman–Crippen LogP) is 2.88. The average Bonchev–Trinajstić information content (AvgIpc) is 3.32. The van der Waals surface area contributed by atoms with Crippen LogP contribution in [0.15, 0.2) is 0 Å². The largest absolute Gasteiger partial charge is 0.451 e. The summed E-state index contributed by atoms with van der Waals surface area (Å²) in [7, 11) is 0. The van der Waals surface area contributed by atoms with Crippen molar-refractivity contribution < 1.29 is 86.0 Å². The Morgan fingerprint density at radius 1 is 0.278 bits per heavy atom. The summed E-state index contributed by atoms with van der Waals surface area (Å²) in [5, 5.41) is 14.9. The Bertz CT molecular complexity index is 2140. The monoisotopic (exact) mass is 1120 g/mol. The van der Waals surface area contributed by atoms with Crippen molar-refractivity contribution in [3.05, 3.63) is 0 Å². The zero-order valence-corrected chi connectivity index (χ0v) is 50.0. The maximum atomic E-state index is 13.9. The van der Waals surface area contributed by atoms with E-state index < -0.39 is 174 Å².